The van der Waals surface area contributed by atoms with Crippen LogP contribution in [0.2, 0.25) is 0 Å². The molecule has 13 rings (SSSR count). The number of nitrogens with zero attached hydrogens (tertiary/aromatic N) is 9. The van der Waals surface area contributed by atoms with Crippen LogP contribution >= 0.6 is 0 Å². The fourth-order valence-electron chi connectivity index (χ4n) is 15.7. The summed E-state index contributed by atoms with van der Waals surface area (Å²) in [6.07, 6.45) is 9.26. The van der Waals surface area contributed by atoms with Crippen molar-refractivity contribution in [1.82, 2.24) is 43.1 Å². The first-order chi connectivity index (χ1) is 45.6. The van der Waals surface area contributed by atoms with Gasteiger partial charge < -0.3 is 43.0 Å². The first-order valence-corrected chi connectivity index (χ1v) is 35.5. The predicted molar refractivity (Wildman–Crippen MR) is 362 cm³/mol. The normalized spacial score (nSPS) is 19.6. The molecule has 22 heteroatoms. The zero-order valence-corrected chi connectivity index (χ0v) is 58.2. The number of aliphatic hydroxyl groups is 1. The van der Waals surface area contributed by atoms with Crippen LogP contribution in [0.4, 0.5) is 8.78 Å². The Bertz CT molecular complexity index is 3950. The lowest BCUT2D eigenvalue weighted by Crippen LogP contribution is -2.58. The highest BCUT2D eigenvalue weighted by molar-refractivity contribution is 7.91. The lowest BCUT2D eigenvalue weighted by Gasteiger charge is -2.52. The number of aromatic nitrogens is 3. The highest BCUT2D eigenvalue weighted by Crippen LogP contribution is 2.50. The van der Waals surface area contributed by atoms with Crippen LogP contribution in [0, 0.1) is 12.3 Å². The molecule has 3 amide bonds. The molecule has 0 bridgehead atoms. The largest absolute Gasteiger partial charge is 0.491 e. The summed E-state index contributed by atoms with van der Waals surface area (Å²) in [5.74, 6) is -2.45. The van der Waals surface area contributed by atoms with Gasteiger partial charge in [0.1, 0.15) is 5.75 Å². The number of alkyl halides is 2. The zero-order chi connectivity index (χ0) is 68.9. The number of rotatable bonds is 14. The maximum atomic E-state index is 13.3. The van der Waals surface area contributed by atoms with E-state index in [1.54, 1.807) is 32.8 Å². The van der Waals surface area contributed by atoms with Crippen LogP contribution in [-0.4, -0.2) is 191 Å². The maximum absolute atomic E-state index is 13.3. The molecule has 9 heterocycles. The fourth-order valence-corrected chi connectivity index (χ4v) is 16.4. The third kappa shape index (κ3) is 13.4. The van der Waals surface area contributed by atoms with E-state index < -0.39 is 26.1 Å². The number of ether oxygens (including phenoxy) is 2. The molecule has 3 saturated heterocycles. The summed E-state index contributed by atoms with van der Waals surface area (Å²) >= 11 is 0. The number of ketones is 2. The number of piperidine rings is 3. The van der Waals surface area contributed by atoms with Gasteiger partial charge in [0.25, 0.3) is 17.7 Å². The van der Waals surface area contributed by atoms with Gasteiger partial charge >= 0.3 is 5.76 Å². The van der Waals surface area contributed by atoms with Crippen molar-refractivity contribution >= 4 is 39.1 Å². The molecule has 3 aromatic heterocycles. The lowest BCUT2D eigenvalue weighted by atomic mass is 9.81. The number of carbonyl (C=O) groups is 5. The van der Waals surface area contributed by atoms with Crippen molar-refractivity contribution in [1.29, 1.82) is 0 Å². The third-order valence-corrected chi connectivity index (χ3v) is 23.2. The first-order valence-electron chi connectivity index (χ1n) is 34.0. The second kappa shape index (κ2) is 27.5. The van der Waals surface area contributed by atoms with Crippen molar-refractivity contribution in [2.45, 2.75) is 158 Å². The van der Waals surface area contributed by atoms with Crippen LogP contribution in [0.3, 0.4) is 0 Å². The first kappa shape index (κ1) is 70.0. The van der Waals surface area contributed by atoms with Crippen molar-refractivity contribution < 1.29 is 55.8 Å². The minimum Gasteiger partial charge on any atom is -0.491 e. The molecule has 19 nitrogen and oxygen atoms in total. The molecule has 96 heavy (non-hydrogen) atoms. The number of amides is 3. The van der Waals surface area contributed by atoms with Gasteiger partial charge in [-0.1, -0.05) is 19.1 Å². The summed E-state index contributed by atoms with van der Waals surface area (Å²) < 4.78 is 66.6. The highest BCUT2D eigenvalue weighted by atomic mass is 32.2. The number of hydrogen-bond donors (Lipinski definition) is 1. The second-order valence-corrected chi connectivity index (χ2v) is 30.4. The van der Waals surface area contributed by atoms with Gasteiger partial charge in [-0.3, -0.25) is 38.7 Å². The van der Waals surface area contributed by atoms with Crippen molar-refractivity contribution in [2.24, 2.45) is 5.41 Å². The monoisotopic (exact) mass is 1340 g/mol. The molecular formula is C74H95F2N9O10S. The SMILES string of the molecule is CC(=O)c1ccc2n1CCN(C)C21CCN(C(=O)c2ccc(S(=O)(=O)C(F)F)cc2)CC1.CN1CCn2c(C(=O)C3(C)CC3)ccc2C12CCN(C(=O)c1ccc(C(C)(C)O)cc1)CC2.COCCN1CCn2cccc2C12CCN(C(=O)c1ccc(OC(C)C)c(C)c1)CC2. The molecule has 0 atom stereocenters. The van der Waals surface area contributed by atoms with Gasteiger partial charge in [-0.2, -0.15) is 8.78 Å². The Morgan fingerprint density at radius 2 is 1.07 bits per heavy atom. The number of likely N-dealkylation sites (tertiary alicyclic amines) is 3. The van der Waals surface area contributed by atoms with Crippen molar-refractivity contribution in [3.8, 4) is 5.75 Å². The number of sulfone groups is 1. The Morgan fingerprint density at radius 3 is 1.54 bits per heavy atom. The Labute approximate surface area is 563 Å². The van der Waals surface area contributed by atoms with Crippen molar-refractivity contribution in [3.63, 3.8) is 0 Å². The van der Waals surface area contributed by atoms with E-state index in [4.69, 9.17) is 9.47 Å². The van der Waals surface area contributed by atoms with E-state index in [1.165, 1.54) is 23.5 Å². The van der Waals surface area contributed by atoms with Crippen LogP contribution in [0.25, 0.3) is 0 Å². The van der Waals surface area contributed by atoms with E-state index in [0.29, 0.717) is 50.3 Å². The van der Waals surface area contributed by atoms with Gasteiger partial charge in [0.15, 0.2) is 11.6 Å². The second-order valence-electron chi connectivity index (χ2n) is 28.5. The number of Topliss-reactive ketones (excluding diaryl/α,β-unsaturated/α-hetero) is 2. The summed E-state index contributed by atoms with van der Waals surface area (Å²) in [5.41, 5.74) is 7.22. The Morgan fingerprint density at radius 1 is 0.594 bits per heavy atom. The molecular weight excluding hydrogens is 1240 g/mol. The van der Waals surface area contributed by atoms with E-state index in [1.807, 2.05) is 91.2 Å². The number of aryl methyl sites for hydroxylation is 1. The average Bonchev–Trinajstić information content (AvgIpc) is 1.48. The average molecular weight is 1340 g/mol. The van der Waals surface area contributed by atoms with E-state index in [-0.39, 0.29) is 63.0 Å². The number of halogens is 2. The molecule has 7 aliphatic rings. The molecule has 516 valence electrons. The topological polar surface area (TPSA) is 192 Å². The highest BCUT2D eigenvalue weighted by Gasteiger charge is 2.51. The molecule has 6 aromatic rings. The Balaban J connectivity index is 0.000000146. The molecule has 3 aromatic carbocycles. The standard InChI is InChI=1S/C27H35N3O3.C25H35N3O3.C22H25F2N3O4S/c1-25(2,33)20-7-5-19(6-8-20)24(32)29-15-13-27(14-16-29)22-10-9-21(23(31)26(3)11-12-26)30(22)18-17-28(27)4;1-19(2)31-22-8-7-21(18-20(22)3)24(29)27-12-9-25(10-13-27)23-6-5-11-26(23)14-15-28(25)16-17-30-4;1-15(28)18-7-8-19-22(25(2)13-14-27(18)19)9-11-26(12-10-22)20(29)16-3-5-17(6-4-16)32(30,31)21(23)24/h5-10,33H,11-18H2,1-4H3;5-8,11,18-19H,9-10,12-17H2,1-4H3;3-8,21H,9-14H2,1-2H3. The quantitative estimate of drug-likeness (QED) is 0.101. The summed E-state index contributed by atoms with van der Waals surface area (Å²) in [4.78, 5) is 76.9. The van der Waals surface area contributed by atoms with Gasteiger partial charge in [-0.15, -0.1) is 0 Å². The summed E-state index contributed by atoms with van der Waals surface area (Å²) in [7, 11) is 1.31. The van der Waals surface area contributed by atoms with E-state index >= 15 is 0 Å². The van der Waals surface area contributed by atoms with Crippen LogP contribution in [0.15, 0.2) is 114 Å². The van der Waals surface area contributed by atoms with E-state index in [2.05, 4.69) is 73.8 Å². The zero-order valence-electron chi connectivity index (χ0n) is 57.4. The van der Waals surface area contributed by atoms with Gasteiger partial charge in [-0.05, 0) is 202 Å². The summed E-state index contributed by atoms with van der Waals surface area (Å²) in [5, 5.41) is 10.2. The maximum Gasteiger partial charge on any atom is 0.341 e. The number of methoxy groups -OCH3 is 1. The van der Waals surface area contributed by atoms with Crippen LogP contribution in [0.5, 0.6) is 5.75 Å². The van der Waals surface area contributed by atoms with Crippen molar-refractivity contribution in [3.05, 3.63) is 166 Å². The third-order valence-electron chi connectivity index (χ3n) is 21.8. The minimum atomic E-state index is -4.69. The predicted octanol–water partition coefficient (Wildman–Crippen LogP) is 10.2. The van der Waals surface area contributed by atoms with Gasteiger partial charge in [0, 0.05) is 144 Å². The van der Waals surface area contributed by atoms with E-state index in [0.717, 1.165) is 150 Å². The van der Waals surface area contributed by atoms with Gasteiger partial charge in [-0.25, -0.2) is 8.42 Å². The number of carbonyl (C=O) groups excluding carboxylic acids is 5. The Kier molecular flexibility index (Phi) is 20.1. The van der Waals surface area contributed by atoms with Crippen LogP contribution < -0.4 is 4.74 Å². The molecule has 6 aliphatic heterocycles. The lowest BCUT2D eigenvalue weighted by molar-refractivity contribution is -0.0154. The molecule has 1 N–H and O–H groups in total. The smallest absolute Gasteiger partial charge is 0.341 e. The summed E-state index contributed by atoms with van der Waals surface area (Å²) in [6, 6.07) is 30.2. The molecule has 0 unspecified atom stereocenters. The number of fused-ring (bicyclic) bond motifs is 6. The van der Waals surface area contributed by atoms with Crippen LogP contribution in [0.1, 0.15) is 173 Å². The van der Waals surface area contributed by atoms with Gasteiger partial charge in [0.2, 0.25) is 9.84 Å². The number of benzene rings is 3. The molecule has 0 radical (unpaired) electrons. The minimum absolute atomic E-state index is 0.0120. The van der Waals surface area contributed by atoms with E-state index in [9.17, 15) is 46.3 Å². The van der Waals surface area contributed by atoms with Crippen molar-refractivity contribution in [2.75, 3.05) is 93.3 Å². The van der Waals surface area contributed by atoms with Gasteiger partial charge in [0.05, 0.1) is 51.2 Å². The molecule has 3 spiro atoms. The molecule has 1 saturated carbocycles. The molecule has 1 aliphatic carbocycles. The Hall–Kier alpha value is -7.34. The molecule has 4 fully saturated rings. The fraction of sp³-hybridized carbons (Fsp3) is 0.527. The number of hydrogen-bond acceptors (Lipinski definition) is 13. The van der Waals surface area contributed by atoms with Crippen LogP contribution in [-0.2, 0) is 56.4 Å². The summed E-state index contributed by atoms with van der Waals surface area (Å²) in [6.45, 7) is 24.0. The number of likely N-dealkylation sites (N-methyl/N-ethyl adjacent to an activating group) is 2.